The van der Waals surface area contributed by atoms with E-state index in [4.69, 9.17) is 5.11 Å². The Labute approximate surface area is 84.1 Å². The maximum Gasteiger partial charge on any atom is 0.320 e. The molecule has 0 aromatic heterocycles. The van der Waals surface area contributed by atoms with Crippen molar-refractivity contribution in [1.29, 1.82) is 0 Å². The SMILES string of the molecule is C=CCN(CCC)S(=O)(=O)CC(=O)O. The van der Waals surface area contributed by atoms with Crippen LogP contribution in [0.4, 0.5) is 0 Å². The van der Waals surface area contributed by atoms with Crippen molar-refractivity contribution in [2.24, 2.45) is 0 Å². The Kier molecular flexibility index (Phi) is 5.40. The molecule has 1 N–H and O–H groups in total. The fraction of sp³-hybridized carbons (Fsp3) is 0.625. The van der Waals surface area contributed by atoms with Gasteiger partial charge in [-0.15, -0.1) is 6.58 Å². The van der Waals surface area contributed by atoms with Crippen molar-refractivity contribution in [2.75, 3.05) is 18.8 Å². The van der Waals surface area contributed by atoms with Gasteiger partial charge in [0, 0.05) is 13.1 Å². The summed E-state index contributed by atoms with van der Waals surface area (Å²) in [6, 6.07) is 0. The average Bonchev–Trinajstić information content (AvgIpc) is 2.01. The summed E-state index contributed by atoms with van der Waals surface area (Å²) in [5.74, 6) is -2.20. The fourth-order valence-electron chi connectivity index (χ4n) is 0.985. The van der Waals surface area contributed by atoms with Gasteiger partial charge in [0.15, 0.2) is 5.75 Å². The number of aliphatic carboxylic acids is 1. The van der Waals surface area contributed by atoms with Crippen molar-refractivity contribution >= 4 is 16.0 Å². The lowest BCUT2D eigenvalue weighted by atomic mass is 10.5. The number of nitrogens with zero attached hydrogens (tertiary/aromatic N) is 1. The summed E-state index contributed by atoms with van der Waals surface area (Å²) < 4.78 is 24.0. The standard InChI is InChI=1S/C8H15NO4S/c1-3-5-9(6-4-2)14(12,13)7-8(10)11/h3H,1,4-7H2,2H3,(H,10,11). The first kappa shape index (κ1) is 13.1. The highest BCUT2D eigenvalue weighted by Gasteiger charge is 2.23. The number of rotatable bonds is 7. The van der Waals surface area contributed by atoms with Crippen molar-refractivity contribution in [3.63, 3.8) is 0 Å². The summed E-state index contributed by atoms with van der Waals surface area (Å²) in [5.41, 5.74) is 0. The van der Waals surface area contributed by atoms with E-state index in [1.54, 1.807) is 0 Å². The molecule has 6 heteroatoms. The van der Waals surface area contributed by atoms with Crippen LogP contribution in [0.5, 0.6) is 0 Å². The minimum absolute atomic E-state index is 0.156. The van der Waals surface area contributed by atoms with E-state index in [-0.39, 0.29) is 6.54 Å². The van der Waals surface area contributed by atoms with Gasteiger partial charge in [0.05, 0.1) is 0 Å². The van der Waals surface area contributed by atoms with Crippen LogP contribution in [-0.2, 0) is 14.8 Å². The summed E-state index contributed by atoms with van der Waals surface area (Å²) in [7, 11) is -3.68. The third-order valence-corrected chi connectivity index (χ3v) is 3.24. The second kappa shape index (κ2) is 5.77. The van der Waals surface area contributed by atoms with E-state index in [1.165, 1.54) is 6.08 Å². The molecule has 0 bridgehead atoms. The summed E-state index contributed by atoms with van der Waals surface area (Å²) in [5, 5.41) is 8.40. The smallest absolute Gasteiger partial charge is 0.320 e. The molecule has 5 nitrogen and oxygen atoms in total. The first-order chi connectivity index (χ1) is 6.44. The molecule has 0 aliphatic carbocycles. The van der Waals surface area contributed by atoms with Gasteiger partial charge in [-0.1, -0.05) is 13.0 Å². The highest BCUT2D eigenvalue weighted by atomic mass is 32.2. The molecule has 0 amide bonds. The Morgan fingerprint density at radius 2 is 2.14 bits per heavy atom. The Morgan fingerprint density at radius 3 is 2.50 bits per heavy atom. The largest absolute Gasteiger partial charge is 0.480 e. The number of carbonyl (C=O) groups is 1. The van der Waals surface area contributed by atoms with Gasteiger partial charge in [-0.25, -0.2) is 8.42 Å². The molecule has 0 saturated heterocycles. The second-order valence-electron chi connectivity index (χ2n) is 2.80. The molecule has 0 spiro atoms. The number of sulfonamides is 1. The van der Waals surface area contributed by atoms with Gasteiger partial charge in [-0.3, -0.25) is 4.79 Å². The zero-order valence-electron chi connectivity index (χ0n) is 8.14. The summed E-state index contributed by atoms with van der Waals surface area (Å²) >= 11 is 0. The molecule has 0 fully saturated rings. The van der Waals surface area contributed by atoms with Gasteiger partial charge < -0.3 is 5.11 Å². The Balaban J connectivity index is 4.61. The van der Waals surface area contributed by atoms with E-state index >= 15 is 0 Å². The molecular formula is C8H15NO4S. The highest BCUT2D eigenvalue weighted by Crippen LogP contribution is 2.02. The molecular weight excluding hydrogens is 206 g/mol. The monoisotopic (exact) mass is 221 g/mol. The van der Waals surface area contributed by atoms with E-state index in [0.717, 1.165) is 4.31 Å². The molecule has 0 heterocycles. The van der Waals surface area contributed by atoms with E-state index in [2.05, 4.69) is 6.58 Å². The molecule has 0 unspecified atom stereocenters. The van der Waals surface area contributed by atoms with E-state index < -0.39 is 21.7 Å². The van der Waals surface area contributed by atoms with Crippen LogP contribution in [-0.4, -0.2) is 42.6 Å². The van der Waals surface area contributed by atoms with Gasteiger partial charge in [0.2, 0.25) is 10.0 Å². The zero-order chi connectivity index (χ0) is 11.2. The van der Waals surface area contributed by atoms with Crippen LogP contribution < -0.4 is 0 Å². The lowest BCUT2D eigenvalue weighted by molar-refractivity contribution is -0.134. The van der Waals surface area contributed by atoms with Crippen LogP contribution in [0, 0.1) is 0 Å². The number of carboxylic acid groups (broad SMARTS) is 1. The molecule has 0 saturated carbocycles. The molecule has 82 valence electrons. The summed E-state index contributed by atoms with van der Waals surface area (Å²) in [4.78, 5) is 10.3. The molecule has 0 aliphatic heterocycles. The third kappa shape index (κ3) is 4.38. The quantitative estimate of drug-likeness (QED) is 0.627. The van der Waals surface area contributed by atoms with Crippen LogP contribution in [0.1, 0.15) is 13.3 Å². The maximum absolute atomic E-state index is 11.4. The fourth-order valence-corrected chi connectivity index (χ4v) is 2.27. The molecule has 0 aromatic rings. The third-order valence-electron chi connectivity index (χ3n) is 1.51. The number of hydrogen-bond donors (Lipinski definition) is 1. The molecule has 14 heavy (non-hydrogen) atoms. The van der Waals surface area contributed by atoms with Crippen LogP contribution in [0.2, 0.25) is 0 Å². The zero-order valence-corrected chi connectivity index (χ0v) is 8.96. The van der Waals surface area contributed by atoms with Crippen LogP contribution in [0.15, 0.2) is 12.7 Å². The first-order valence-corrected chi connectivity index (χ1v) is 5.85. The predicted octanol–water partition coefficient (Wildman–Crippen LogP) is 0.299. The van der Waals surface area contributed by atoms with Crippen LogP contribution in [0.25, 0.3) is 0 Å². The van der Waals surface area contributed by atoms with E-state index in [0.29, 0.717) is 13.0 Å². The molecule has 0 atom stereocenters. The van der Waals surface area contributed by atoms with Crippen molar-refractivity contribution in [3.8, 4) is 0 Å². The van der Waals surface area contributed by atoms with Crippen molar-refractivity contribution in [2.45, 2.75) is 13.3 Å². The van der Waals surface area contributed by atoms with Gasteiger partial charge in [-0.05, 0) is 6.42 Å². The number of hydrogen-bond acceptors (Lipinski definition) is 3. The molecule has 0 aliphatic rings. The summed E-state index contributed by atoms with van der Waals surface area (Å²) in [6.45, 7) is 5.72. The normalized spacial score (nSPS) is 11.6. The van der Waals surface area contributed by atoms with Gasteiger partial charge in [0.1, 0.15) is 0 Å². The Hall–Kier alpha value is -0.880. The summed E-state index contributed by atoms with van der Waals surface area (Å²) in [6.07, 6.45) is 2.09. The maximum atomic E-state index is 11.4. The number of carboxylic acids is 1. The Bertz CT molecular complexity index is 296. The minimum atomic E-state index is -3.68. The lowest BCUT2D eigenvalue weighted by Crippen LogP contribution is -2.36. The van der Waals surface area contributed by atoms with Crippen molar-refractivity contribution < 1.29 is 18.3 Å². The van der Waals surface area contributed by atoms with Gasteiger partial charge in [-0.2, -0.15) is 4.31 Å². The van der Waals surface area contributed by atoms with Crippen LogP contribution >= 0.6 is 0 Å². The van der Waals surface area contributed by atoms with Gasteiger partial charge >= 0.3 is 5.97 Å². The first-order valence-electron chi connectivity index (χ1n) is 4.24. The topological polar surface area (TPSA) is 74.7 Å². The molecule has 0 aromatic carbocycles. The average molecular weight is 221 g/mol. The van der Waals surface area contributed by atoms with Gasteiger partial charge in [0.25, 0.3) is 0 Å². The molecule has 0 rings (SSSR count). The van der Waals surface area contributed by atoms with Crippen molar-refractivity contribution in [3.05, 3.63) is 12.7 Å². The van der Waals surface area contributed by atoms with E-state index in [9.17, 15) is 13.2 Å². The highest BCUT2D eigenvalue weighted by molar-refractivity contribution is 7.89. The van der Waals surface area contributed by atoms with Crippen molar-refractivity contribution in [1.82, 2.24) is 4.31 Å². The second-order valence-corrected chi connectivity index (χ2v) is 4.77. The van der Waals surface area contributed by atoms with E-state index in [1.807, 2.05) is 6.92 Å². The van der Waals surface area contributed by atoms with Crippen LogP contribution in [0.3, 0.4) is 0 Å². The lowest BCUT2D eigenvalue weighted by Gasteiger charge is -2.18. The predicted molar refractivity (Wildman–Crippen MR) is 53.5 cm³/mol. The molecule has 0 radical (unpaired) electrons. The minimum Gasteiger partial charge on any atom is -0.480 e. The Morgan fingerprint density at radius 1 is 1.57 bits per heavy atom.